The van der Waals surface area contributed by atoms with E-state index in [1.807, 2.05) is 0 Å². The second kappa shape index (κ2) is 8.71. The molecule has 0 aromatic carbocycles. The molecule has 3 N–H and O–H groups in total. The van der Waals surface area contributed by atoms with E-state index in [1.165, 1.54) is 56.9 Å². The Bertz CT molecular complexity index is 717. The van der Waals surface area contributed by atoms with Gasteiger partial charge >= 0.3 is 0 Å². The van der Waals surface area contributed by atoms with E-state index in [0.29, 0.717) is 5.41 Å². The first kappa shape index (κ1) is 24.8. The largest absolute Gasteiger partial charge is 0.393 e. The second-order valence-electron chi connectivity index (χ2n) is 14.1. The summed E-state index contributed by atoms with van der Waals surface area (Å²) in [6.45, 7) is 17.0. The van der Waals surface area contributed by atoms with Crippen LogP contribution in [0.1, 0.15) is 119 Å². The SMILES string of the molecule is CC(C)CCC[C@@H](C)[C@H]1CC[C@H]2[C@@H]3CC(C(C)(C)N)=C4C[C@@H](O)CC[C@]4(C)[C@H]3CC[C@]12C. The molecule has 2 heteroatoms. The Morgan fingerprint density at radius 3 is 2.34 bits per heavy atom. The van der Waals surface area contributed by atoms with Crippen molar-refractivity contribution in [2.75, 3.05) is 0 Å². The molecule has 2 nitrogen and oxygen atoms in total. The molecule has 4 aliphatic rings. The molecule has 3 saturated carbocycles. The Hall–Kier alpha value is -0.340. The van der Waals surface area contributed by atoms with Gasteiger partial charge in [-0.05, 0) is 112 Å². The topological polar surface area (TPSA) is 46.2 Å². The number of nitrogens with two attached hydrogens (primary N) is 1. The summed E-state index contributed by atoms with van der Waals surface area (Å²) in [4.78, 5) is 0. The normalized spacial score (nSPS) is 43.1. The van der Waals surface area contributed by atoms with Gasteiger partial charge in [0.1, 0.15) is 0 Å². The van der Waals surface area contributed by atoms with Crippen molar-refractivity contribution in [3.8, 4) is 0 Å². The summed E-state index contributed by atoms with van der Waals surface area (Å²) >= 11 is 0. The fraction of sp³-hybridized carbons (Fsp3) is 0.933. The van der Waals surface area contributed by atoms with Crippen molar-refractivity contribution >= 4 is 0 Å². The fourth-order valence-electron chi connectivity index (χ4n) is 9.46. The minimum absolute atomic E-state index is 0.164. The van der Waals surface area contributed by atoms with E-state index < -0.39 is 0 Å². The maximum atomic E-state index is 10.6. The molecule has 3 fully saturated rings. The third kappa shape index (κ3) is 4.15. The summed E-state index contributed by atoms with van der Waals surface area (Å²) in [5.74, 6) is 5.05. The van der Waals surface area contributed by atoms with E-state index in [-0.39, 0.29) is 17.1 Å². The lowest BCUT2D eigenvalue weighted by Crippen LogP contribution is -2.54. The highest BCUT2D eigenvalue weighted by atomic mass is 16.3. The third-order valence-corrected chi connectivity index (χ3v) is 11.2. The molecule has 0 spiro atoms. The van der Waals surface area contributed by atoms with Crippen molar-refractivity contribution in [1.29, 1.82) is 0 Å². The highest BCUT2D eigenvalue weighted by Crippen LogP contribution is 2.68. The summed E-state index contributed by atoms with van der Waals surface area (Å²) in [5.41, 5.74) is 10.4. The van der Waals surface area contributed by atoms with E-state index >= 15 is 0 Å². The number of hydrogen-bond acceptors (Lipinski definition) is 2. The van der Waals surface area contributed by atoms with Crippen LogP contribution in [0.4, 0.5) is 0 Å². The quantitative estimate of drug-likeness (QED) is 0.417. The second-order valence-corrected chi connectivity index (χ2v) is 14.1. The molecule has 4 rings (SSSR count). The van der Waals surface area contributed by atoms with Gasteiger partial charge in [-0.25, -0.2) is 0 Å². The van der Waals surface area contributed by atoms with Gasteiger partial charge in [-0.1, -0.05) is 65.0 Å². The standard InChI is InChI=1S/C30H53NO/c1-19(2)9-8-10-20(3)23-11-12-24-22-18-26(28(4,5)31)27-17-21(32)13-15-30(27,7)25(22)14-16-29(23,24)6/h19-25,32H,8-18,31H2,1-7H3/t20-,21+,22+,23-,24+,25+,29-,30-/m1/s1. The first-order valence-electron chi connectivity index (χ1n) is 14.1. The highest BCUT2D eigenvalue weighted by Gasteiger charge is 2.60. The maximum Gasteiger partial charge on any atom is 0.0578 e. The van der Waals surface area contributed by atoms with Crippen LogP contribution in [-0.4, -0.2) is 16.7 Å². The summed E-state index contributed by atoms with van der Waals surface area (Å²) in [7, 11) is 0. The average molecular weight is 444 g/mol. The minimum atomic E-state index is -0.269. The molecule has 0 aliphatic heterocycles. The number of aliphatic hydroxyl groups excluding tert-OH is 1. The van der Waals surface area contributed by atoms with E-state index in [9.17, 15) is 5.11 Å². The van der Waals surface area contributed by atoms with Crippen LogP contribution >= 0.6 is 0 Å². The lowest BCUT2D eigenvalue weighted by molar-refractivity contribution is -0.0613. The van der Waals surface area contributed by atoms with Crippen molar-refractivity contribution in [2.45, 2.75) is 131 Å². The molecule has 0 aromatic heterocycles. The molecule has 0 saturated heterocycles. The monoisotopic (exact) mass is 443 g/mol. The summed E-state index contributed by atoms with van der Waals surface area (Å²) in [6, 6.07) is 0. The van der Waals surface area contributed by atoms with Gasteiger partial charge in [-0.15, -0.1) is 0 Å². The zero-order valence-corrected chi connectivity index (χ0v) is 22.3. The predicted octanol–water partition coefficient (Wildman–Crippen LogP) is 7.50. The number of aliphatic hydroxyl groups is 1. The first-order chi connectivity index (χ1) is 14.9. The van der Waals surface area contributed by atoms with Gasteiger partial charge in [0.2, 0.25) is 0 Å². The van der Waals surface area contributed by atoms with Gasteiger partial charge in [0.25, 0.3) is 0 Å². The summed E-state index contributed by atoms with van der Waals surface area (Å²) in [5, 5.41) is 10.6. The van der Waals surface area contributed by atoms with Gasteiger partial charge in [-0.2, -0.15) is 0 Å². The summed E-state index contributed by atoms with van der Waals surface area (Å²) in [6.07, 6.45) is 13.9. The van der Waals surface area contributed by atoms with Gasteiger partial charge in [0, 0.05) is 5.54 Å². The average Bonchev–Trinajstić information content (AvgIpc) is 3.04. The number of rotatable bonds is 6. The number of hydrogen-bond donors (Lipinski definition) is 2. The van der Waals surface area contributed by atoms with Crippen LogP contribution in [0.15, 0.2) is 11.1 Å². The van der Waals surface area contributed by atoms with Gasteiger partial charge in [0.15, 0.2) is 0 Å². The Kier molecular flexibility index (Phi) is 6.74. The van der Waals surface area contributed by atoms with E-state index in [1.54, 1.807) is 5.57 Å². The smallest absolute Gasteiger partial charge is 0.0578 e. The molecular weight excluding hydrogens is 390 g/mol. The molecule has 0 amide bonds. The van der Waals surface area contributed by atoms with Crippen LogP contribution < -0.4 is 5.73 Å². The highest BCUT2D eigenvalue weighted by molar-refractivity contribution is 5.36. The van der Waals surface area contributed by atoms with Crippen LogP contribution in [0.2, 0.25) is 0 Å². The number of fused-ring (bicyclic) bond motifs is 5. The fourth-order valence-corrected chi connectivity index (χ4v) is 9.46. The zero-order valence-electron chi connectivity index (χ0n) is 22.3. The molecule has 0 aromatic rings. The predicted molar refractivity (Wildman–Crippen MR) is 136 cm³/mol. The van der Waals surface area contributed by atoms with Crippen molar-refractivity contribution in [3.63, 3.8) is 0 Å². The van der Waals surface area contributed by atoms with Crippen molar-refractivity contribution in [2.24, 2.45) is 52.1 Å². The lowest BCUT2D eigenvalue weighted by atomic mass is 9.45. The van der Waals surface area contributed by atoms with Crippen LogP contribution in [0.5, 0.6) is 0 Å². The van der Waals surface area contributed by atoms with E-state index in [0.717, 1.165) is 54.8 Å². The molecule has 184 valence electrons. The molecule has 8 atom stereocenters. The van der Waals surface area contributed by atoms with Gasteiger partial charge in [-0.3, -0.25) is 0 Å². The summed E-state index contributed by atoms with van der Waals surface area (Å²) < 4.78 is 0. The van der Waals surface area contributed by atoms with Crippen LogP contribution in [0.3, 0.4) is 0 Å². The molecule has 0 bridgehead atoms. The van der Waals surface area contributed by atoms with Crippen LogP contribution in [-0.2, 0) is 0 Å². The molecule has 0 heterocycles. The maximum absolute atomic E-state index is 10.6. The van der Waals surface area contributed by atoms with Crippen LogP contribution in [0, 0.1) is 46.3 Å². The zero-order chi connectivity index (χ0) is 23.5. The van der Waals surface area contributed by atoms with E-state index in [2.05, 4.69) is 48.5 Å². The lowest BCUT2D eigenvalue weighted by Gasteiger charge is -2.60. The van der Waals surface area contributed by atoms with Crippen molar-refractivity contribution in [1.82, 2.24) is 0 Å². The molecule has 0 radical (unpaired) electrons. The molecule has 0 unspecified atom stereocenters. The van der Waals surface area contributed by atoms with Gasteiger partial charge < -0.3 is 10.8 Å². The molecule has 32 heavy (non-hydrogen) atoms. The third-order valence-electron chi connectivity index (χ3n) is 11.2. The Labute approximate surface area is 199 Å². The Balaban J connectivity index is 1.61. The van der Waals surface area contributed by atoms with Gasteiger partial charge in [0.05, 0.1) is 6.10 Å². The Morgan fingerprint density at radius 2 is 1.69 bits per heavy atom. The van der Waals surface area contributed by atoms with Crippen LogP contribution in [0.25, 0.3) is 0 Å². The van der Waals surface area contributed by atoms with Crippen molar-refractivity contribution < 1.29 is 5.11 Å². The molecule has 4 aliphatic carbocycles. The van der Waals surface area contributed by atoms with E-state index in [4.69, 9.17) is 5.73 Å². The molecular formula is C30H53NO. The Morgan fingerprint density at radius 1 is 0.969 bits per heavy atom. The first-order valence-corrected chi connectivity index (χ1v) is 14.1. The minimum Gasteiger partial charge on any atom is -0.393 e. The van der Waals surface area contributed by atoms with Crippen molar-refractivity contribution in [3.05, 3.63) is 11.1 Å².